The van der Waals surface area contributed by atoms with E-state index in [1.807, 2.05) is 0 Å². The maximum atomic E-state index is 4.27. The van der Waals surface area contributed by atoms with Gasteiger partial charge in [0.15, 0.2) is 0 Å². The van der Waals surface area contributed by atoms with Crippen LogP contribution in [-0.4, -0.2) is 13.1 Å². The normalized spacial score (nSPS) is 10.6. The fraction of sp³-hybridized carbons (Fsp3) is 0.364. The van der Waals surface area contributed by atoms with Gasteiger partial charge in [0, 0.05) is 23.2 Å². The second-order valence-electron chi connectivity index (χ2n) is 6.23. The molecule has 128 valence electrons. The van der Waals surface area contributed by atoms with Gasteiger partial charge in [-0.3, -0.25) is 0 Å². The van der Waals surface area contributed by atoms with Crippen LogP contribution in [0.1, 0.15) is 50.7 Å². The Morgan fingerprint density at radius 1 is 0.833 bits per heavy atom. The minimum Gasteiger partial charge on any atom is -0.372 e. The average molecular weight is 386 g/mol. The van der Waals surface area contributed by atoms with Crippen LogP contribution in [0.4, 0.5) is 5.69 Å². The van der Waals surface area contributed by atoms with Crippen LogP contribution in [0.25, 0.3) is 5.57 Å². The molecule has 0 spiro atoms. The van der Waals surface area contributed by atoms with Crippen molar-refractivity contribution < 1.29 is 0 Å². The predicted octanol–water partition coefficient (Wildman–Crippen LogP) is 6.92. The number of rotatable bonds is 9. The molecule has 0 heterocycles. The molecule has 1 nitrogen and oxygen atoms in total. The van der Waals surface area contributed by atoms with Crippen molar-refractivity contribution in [2.24, 2.45) is 0 Å². The van der Waals surface area contributed by atoms with Crippen LogP contribution in [0.3, 0.4) is 0 Å². The van der Waals surface area contributed by atoms with E-state index >= 15 is 0 Å². The molecular weight excluding hydrogens is 358 g/mol. The van der Waals surface area contributed by atoms with Crippen LogP contribution in [-0.2, 0) is 0 Å². The topological polar surface area (TPSA) is 3.24 Å². The van der Waals surface area contributed by atoms with Crippen molar-refractivity contribution in [3.8, 4) is 0 Å². The fourth-order valence-electron chi connectivity index (χ4n) is 2.76. The van der Waals surface area contributed by atoms with Crippen LogP contribution in [0.2, 0.25) is 0 Å². The summed E-state index contributed by atoms with van der Waals surface area (Å²) >= 11 is 3.48. The first-order valence-corrected chi connectivity index (χ1v) is 9.75. The highest BCUT2D eigenvalue weighted by Crippen LogP contribution is 2.25. The van der Waals surface area contributed by atoms with E-state index < -0.39 is 0 Å². The van der Waals surface area contributed by atoms with E-state index in [9.17, 15) is 0 Å². The monoisotopic (exact) mass is 385 g/mol. The Balaban J connectivity index is 2.12. The summed E-state index contributed by atoms with van der Waals surface area (Å²) in [6, 6.07) is 17.2. The van der Waals surface area contributed by atoms with Gasteiger partial charge in [0.25, 0.3) is 0 Å². The molecule has 0 atom stereocenters. The van der Waals surface area contributed by atoms with Crippen molar-refractivity contribution in [2.75, 3.05) is 18.0 Å². The lowest BCUT2D eigenvalue weighted by Gasteiger charge is -2.25. The first kappa shape index (κ1) is 18.8. The Morgan fingerprint density at radius 3 is 1.75 bits per heavy atom. The van der Waals surface area contributed by atoms with E-state index in [1.165, 1.54) is 42.5 Å². The Bertz CT molecular complexity index is 620. The second-order valence-corrected chi connectivity index (χ2v) is 7.14. The van der Waals surface area contributed by atoms with E-state index in [0.717, 1.165) is 23.1 Å². The largest absolute Gasteiger partial charge is 0.372 e. The molecule has 0 radical (unpaired) electrons. The average Bonchev–Trinajstić information content (AvgIpc) is 2.62. The van der Waals surface area contributed by atoms with Crippen molar-refractivity contribution in [1.82, 2.24) is 0 Å². The molecule has 2 aromatic rings. The van der Waals surface area contributed by atoms with Gasteiger partial charge in [0.2, 0.25) is 0 Å². The molecule has 2 rings (SSSR count). The van der Waals surface area contributed by atoms with Gasteiger partial charge in [-0.25, -0.2) is 0 Å². The van der Waals surface area contributed by atoms with Crippen molar-refractivity contribution in [2.45, 2.75) is 39.5 Å². The third-order valence-corrected chi connectivity index (χ3v) is 4.87. The predicted molar refractivity (Wildman–Crippen MR) is 111 cm³/mol. The third kappa shape index (κ3) is 5.24. The molecule has 0 saturated carbocycles. The number of anilines is 1. The van der Waals surface area contributed by atoms with E-state index in [-0.39, 0.29) is 0 Å². The number of halogens is 1. The standard InChI is InChI=1S/C22H28BrN/c1-4-6-16-24(17-7-5-2)22-14-10-20(11-15-22)18(3)19-8-12-21(23)13-9-19/h8-15H,3-7,16-17H2,1-2H3. The van der Waals surface area contributed by atoms with Crippen molar-refractivity contribution >= 4 is 27.2 Å². The zero-order valence-corrected chi connectivity index (χ0v) is 16.5. The van der Waals surface area contributed by atoms with E-state index in [1.54, 1.807) is 0 Å². The lowest BCUT2D eigenvalue weighted by Crippen LogP contribution is -2.25. The summed E-state index contributed by atoms with van der Waals surface area (Å²) in [6.45, 7) is 11.1. The highest BCUT2D eigenvalue weighted by atomic mass is 79.9. The molecule has 0 aromatic heterocycles. The highest BCUT2D eigenvalue weighted by molar-refractivity contribution is 9.10. The van der Waals surface area contributed by atoms with Gasteiger partial charge in [-0.05, 0) is 53.8 Å². The quantitative estimate of drug-likeness (QED) is 0.452. The number of unbranched alkanes of at least 4 members (excludes halogenated alkanes) is 2. The molecule has 0 saturated heterocycles. The van der Waals surface area contributed by atoms with E-state index in [4.69, 9.17) is 0 Å². The first-order chi connectivity index (χ1) is 11.7. The van der Waals surface area contributed by atoms with Crippen LogP contribution in [0.5, 0.6) is 0 Å². The number of hydrogen-bond donors (Lipinski definition) is 0. The molecule has 0 unspecified atom stereocenters. The van der Waals surface area contributed by atoms with Crippen molar-refractivity contribution in [1.29, 1.82) is 0 Å². The minimum absolute atomic E-state index is 1.07. The minimum atomic E-state index is 1.07. The maximum absolute atomic E-state index is 4.27. The smallest absolute Gasteiger partial charge is 0.0366 e. The van der Waals surface area contributed by atoms with E-state index in [2.05, 4.69) is 89.8 Å². The van der Waals surface area contributed by atoms with Gasteiger partial charge in [0.1, 0.15) is 0 Å². The van der Waals surface area contributed by atoms with Crippen LogP contribution < -0.4 is 4.90 Å². The van der Waals surface area contributed by atoms with Gasteiger partial charge in [-0.1, -0.05) is 73.5 Å². The molecule has 2 heteroatoms. The summed E-state index contributed by atoms with van der Waals surface area (Å²) in [7, 11) is 0. The Kier molecular flexibility index (Phi) is 7.58. The summed E-state index contributed by atoms with van der Waals surface area (Å²) in [6.07, 6.45) is 4.97. The van der Waals surface area contributed by atoms with Gasteiger partial charge in [-0.2, -0.15) is 0 Å². The Hall–Kier alpha value is -1.54. The van der Waals surface area contributed by atoms with Crippen LogP contribution >= 0.6 is 15.9 Å². The van der Waals surface area contributed by atoms with Crippen LogP contribution in [0.15, 0.2) is 59.6 Å². The second kappa shape index (κ2) is 9.68. The van der Waals surface area contributed by atoms with E-state index in [0.29, 0.717) is 0 Å². The van der Waals surface area contributed by atoms with Gasteiger partial charge >= 0.3 is 0 Å². The Labute approximate surface area is 155 Å². The molecule has 24 heavy (non-hydrogen) atoms. The molecular formula is C22H28BrN. The molecule has 2 aromatic carbocycles. The lowest BCUT2D eigenvalue weighted by atomic mass is 9.99. The number of benzene rings is 2. The third-order valence-electron chi connectivity index (χ3n) is 4.34. The lowest BCUT2D eigenvalue weighted by molar-refractivity contribution is 0.678. The summed E-state index contributed by atoms with van der Waals surface area (Å²) in [5.41, 5.74) is 4.75. The molecule has 0 amide bonds. The first-order valence-electron chi connectivity index (χ1n) is 8.96. The van der Waals surface area contributed by atoms with Gasteiger partial charge in [-0.15, -0.1) is 0 Å². The molecule has 0 bridgehead atoms. The fourth-order valence-corrected chi connectivity index (χ4v) is 3.02. The summed E-state index contributed by atoms with van der Waals surface area (Å²) in [5, 5.41) is 0. The molecule has 0 fully saturated rings. The number of hydrogen-bond acceptors (Lipinski definition) is 1. The van der Waals surface area contributed by atoms with Gasteiger partial charge in [0.05, 0.1) is 0 Å². The summed E-state index contributed by atoms with van der Waals surface area (Å²) in [4.78, 5) is 2.51. The molecule has 0 aliphatic heterocycles. The summed E-state index contributed by atoms with van der Waals surface area (Å²) < 4.78 is 1.09. The van der Waals surface area contributed by atoms with Crippen molar-refractivity contribution in [3.05, 3.63) is 70.7 Å². The molecule has 0 aliphatic rings. The maximum Gasteiger partial charge on any atom is 0.0366 e. The van der Waals surface area contributed by atoms with Gasteiger partial charge < -0.3 is 4.90 Å². The summed E-state index contributed by atoms with van der Waals surface area (Å²) in [5.74, 6) is 0. The molecule has 0 N–H and O–H groups in total. The SMILES string of the molecule is C=C(c1ccc(Br)cc1)c1ccc(N(CCCC)CCCC)cc1. The highest BCUT2D eigenvalue weighted by Gasteiger charge is 2.07. The molecule has 0 aliphatic carbocycles. The Morgan fingerprint density at radius 2 is 1.29 bits per heavy atom. The zero-order chi connectivity index (χ0) is 17.4. The zero-order valence-electron chi connectivity index (χ0n) is 14.9. The van der Waals surface area contributed by atoms with Crippen LogP contribution in [0, 0.1) is 0 Å². The number of nitrogens with zero attached hydrogens (tertiary/aromatic N) is 1. The van der Waals surface area contributed by atoms with Crippen molar-refractivity contribution in [3.63, 3.8) is 0 Å².